The van der Waals surface area contributed by atoms with Crippen molar-refractivity contribution in [2.45, 2.75) is 34.6 Å². The third kappa shape index (κ3) is 2.23. The fraction of sp³-hybridized carbons (Fsp3) is 0.900. The van der Waals surface area contributed by atoms with Crippen molar-refractivity contribution in [2.24, 2.45) is 17.3 Å². The fourth-order valence-electron chi connectivity index (χ4n) is 0.981. The van der Waals surface area contributed by atoms with Crippen LogP contribution in [-0.2, 0) is 9.53 Å². The number of esters is 1. The Hall–Kier alpha value is -0.530. The van der Waals surface area contributed by atoms with Crippen LogP contribution in [0.5, 0.6) is 0 Å². The average Bonchev–Trinajstić information content (AvgIpc) is 2.01. The van der Waals surface area contributed by atoms with Crippen molar-refractivity contribution in [3.05, 3.63) is 0 Å². The van der Waals surface area contributed by atoms with Crippen molar-refractivity contribution in [1.29, 1.82) is 0 Å². The van der Waals surface area contributed by atoms with Crippen LogP contribution in [0.4, 0.5) is 0 Å². The molecule has 0 radical (unpaired) electrons. The fourth-order valence-corrected chi connectivity index (χ4v) is 0.981. The molecule has 0 amide bonds. The van der Waals surface area contributed by atoms with Gasteiger partial charge in [0.2, 0.25) is 0 Å². The van der Waals surface area contributed by atoms with E-state index in [4.69, 9.17) is 4.74 Å². The molecule has 0 saturated carbocycles. The summed E-state index contributed by atoms with van der Waals surface area (Å²) < 4.78 is 4.71. The van der Waals surface area contributed by atoms with Gasteiger partial charge in [-0.25, -0.2) is 0 Å². The molecule has 0 aromatic heterocycles. The molecule has 0 aromatic carbocycles. The molecule has 0 saturated heterocycles. The molecule has 1 unspecified atom stereocenters. The van der Waals surface area contributed by atoms with Gasteiger partial charge in [-0.3, -0.25) is 4.79 Å². The molecule has 0 aliphatic carbocycles. The first-order valence-corrected chi connectivity index (χ1v) is 4.41. The smallest absolute Gasteiger partial charge is 0.308 e. The van der Waals surface area contributed by atoms with E-state index in [2.05, 4.69) is 27.7 Å². The summed E-state index contributed by atoms with van der Waals surface area (Å²) in [6.07, 6.45) is 0. The highest BCUT2D eigenvalue weighted by Crippen LogP contribution is 2.35. The summed E-state index contributed by atoms with van der Waals surface area (Å²) in [5.41, 5.74) is 0.00704. The number of carbonyl (C=O) groups excluding carboxylic acids is 1. The van der Waals surface area contributed by atoms with E-state index < -0.39 is 0 Å². The van der Waals surface area contributed by atoms with Crippen molar-refractivity contribution in [1.82, 2.24) is 0 Å². The van der Waals surface area contributed by atoms with Gasteiger partial charge in [0.15, 0.2) is 0 Å². The molecule has 2 heteroatoms. The number of rotatable bonds is 3. The third-order valence-electron chi connectivity index (χ3n) is 3.16. The van der Waals surface area contributed by atoms with E-state index in [9.17, 15) is 4.79 Å². The Morgan fingerprint density at radius 1 is 1.25 bits per heavy atom. The van der Waals surface area contributed by atoms with Gasteiger partial charge in [-0.05, 0) is 11.3 Å². The van der Waals surface area contributed by atoms with Crippen LogP contribution in [0.2, 0.25) is 0 Å². The second-order valence-electron chi connectivity index (χ2n) is 4.22. The van der Waals surface area contributed by atoms with E-state index in [-0.39, 0.29) is 17.3 Å². The summed E-state index contributed by atoms with van der Waals surface area (Å²) in [6.45, 7) is 10.4. The Morgan fingerprint density at radius 2 is 1.67 bits per heavy atom. The molecule has 0 fully saturated rings. The largest absolute Gasteiger partial charge is 0.469 e. The van der Waals surface area contributed by atoms with E-state index >= 15 is 0 Å². The molecule has 2 nitrogen and oxygen atoms in total. The van der Waals surface area contributed by atoms with Gasteiger partial charge in [-0.15, -0.1) is 0 Å². The predicted octanol–water partition coefficient (Wildman–Crippen LogP) is 2.48. The molecule has 72 valence electrons. The normalized spacial score (nSPS) is 14.6. The lowest BCUT2D eigenvalue weighted by Gasteiger charge is -2.33. The highest BCUT2D eigenvalue weighted by Gasteiger charge is 2.34. The maximum Gasteiger partial charge on any atom is 0.308 e. The highest BCUT2D eigenvalue weighted by molar-refractivity contribution is 5.72. The number of hydrogen-bond acceptors (Lipinski definition) is 2. The van der Waals surface area contributed by atoms with Gasteiger partial charge in [0.05, 0.1) is 13.0 Å². The van der Waals surface area contributed by atoms with Crippen LogP contribution in [0.15, 0.2) is 0 Å². The van der Waals surface area contributed by atoms with Crippen molar-refractivity contribution in [3.8, 4) is 0 Å². The quantitative estimate of drug-likeness (QED) is 0.611. The van der Waals surface area contributed by atoms with Gasteiger partial charge < -0.3 is 4.74 Å². The number of methoxy groups -OCH3 is 1. The molecular weight excluding hydrogens is 152 g/mol. The second kappa shape index (κ2) is 3.92. The first-order valence-electron chi connectivity index (χ1n) is 4.41. The van der Waals surface area contributed by atoms with Crippen LogP contribution in [0, 0.1) is 17.3 Å². The minimum Gasteiger partial charge on any atom is -0.469 e. The zero-order chi connectivity index (χ0) is 9.94. The number of carbonyl (C=O) groups is 1. The topological polar surface area (TPSA) is 26.3 Å². The summed E-state index contributed by atoms with van der Waals surface area (Å²) in [5.74, 6) is 0.322. The Morgan fingerprint density at radius 3 is 1.92 bits per heavy atom. The Labute approximate surface area is 75.3 Å². The van der Waals surface area contributed by atoms with Gasteiger partial charge >= 0.3 is 5.97 Å². The van der Waals surface area contributed by atoms with Crippen LogP contribution in [0.1, 0.15) is 34.6 Å². The standard InChI is InChI=1S/C10H20O2/c1-7(2)10(4,5)8(3)9(11)12-6/h7-8H,1-6H3. The van der Waals surface area contributed by atoms with Crippen LogP contribution in [0.25, 0.3) is 0 Å². The molecule has 1 atom stereocenters. The first-order chi connectivity index (χ1) is 5.34. The van der Waals surface area contributed by atoms with Gasteiger partial charge in [0.25, 0.3) is 0 Å². The second-order valence-corrected chi connectivity index (χ2v) is 4.22. The van der Waals surface area contributed by atoms with Crippen molar-refractivity contribution in [2.75, 3.05) is 7.11 Å². The summed E-state index contributed by atoms with van der Waals surface area (Å²) in [6, 6.07) is 0. The molecule has 0 aliphatic rings. The number of hydrogen-bond donors (Lipinski definition) is 0. The molecule has 0 bridgehead atoms. The zero-order valence-corrected chi connectivity index (χ0v) is 8.97. The molecule has 0 heterocycles. The number of ether oxygens (including phenoxy) is 1. The van der Waals surface area contributed by atoms with Crippen LogP contribution >= 0.6 is 0 Å². The monoisotopic (exact) mass is 172 g/mol. The lowest BCUT2D eigenvalue weighted by molar-refractivity contribution is -0.149. The molecule has 0 aromatic rings. The summed E-state index contributed by atoms with van der Waals surface area (Å²) >= 11 is 0. The lowest BCUT2D eigenvalue weighted by atomic mass is 9.71. The summed E-state index contributed by atoms with van der Waals surface area (Å²) in [4.78, 5) is 11.2. The zero-order valence-electron chi connectivity index (χ0n) is 8.97. The molecule has 0 N–H and O–H groups in total. The van der Waals surface area contributed by atoms with Crippen LogP contribution < -0.4 is 0 Å². The maximum absolute atomic E-state index is 11.2. The highest BCUT2D eigenvalue weighted by atomic mass is 16.5. The van der Waals surface area contributed by atoms with Gasteiger partial charge in [0, 0.05) is 0 Å². The third-order valence-corrected chi connectivity index (χ3v) is 3.16. The van der Waals surface area contributed by atoms with E-state index in [0.717, 1.165) is 0 Å². The van der Waals surface area contributed by atoms with Crippen LogP contribution in [-0.4, -0.2) is 13.1 Å². The minimum absolute atomic E-state index is 0.00704. The Balaban J connectivity index is 4.45. The SMILES string of the molecule is COC(=O)C(C)C(C)(C)C(C)C. The maximum atomic E-state index is 11.2. The Bertz CT molecular complexity index is 159. The van der Waals surface area contributed by atoms with Gasteiger partial charge in [-0.1, -0.05) is 34.6 Å². The van der Waals surface area contributed by atoms with E-state index in [0.29, 0.717) is 5.92 Å². The molecule has 0 aliphatic heterocycles. The van der Waals surface area contributed by atoms with Crippen LogP contribution in [0.3, 0.4) is 0 Å². The van der Waals surface area contributed by atoms with Crippen molar-refractivity contribution < 1.29 is 9.53 Å². The summed E-state index contributed by atoms with van der Waals surface area (Å²) in [7, 11) is 1.44. The summed E-state index contributed by atoms with van der Waals surface area (Å²) in [5, 5.41) is 0. The van der Waals surface area contributed by atoms with Gasteiger partial charge in [-0.2, -0.15) is 0 Å². The lowest BCUT2D eigenvalue weighted by Crippen LogP contribution is -2.33. The Kier molecular flexibility index (Phi) is 3.75. The molecule has 12 heavy (non-hydrogen) atoms. The van der Waals surface area contributed by atoms with E-state index in [1.165, 1.54) is 7.11 Å². The van der Waals surface area contributed by atoms with Crippen molar-refractivity contribution in [3.63, 3.8) is 0 Å². The molecule has 0 spiro atoms. The van der Waals surface area contributed by atoms with E-state index in [1.807, 2.05) is 6.92 Å². The van der Waals surface area contributed by atoms with Crippen molar-refractivity contribution >= 4 is 5.97 Å². The van der Waals surface area contributed by atoms with E-state index in [1.54, 1.807) is 0 Å². The predicted molar refractivity (Wildman–Crippen MR) is 49.8 cm³/mol. The minimum atomic E-state index is -0.117. The van der Waals surface area contributed by atoms with Gasteiger partial charge in [0.1, 0.15) is 0 Å². The first kappa shape index (κ1) is 11.5. The molecular formula is C10H20O2. The molecule has 0 rings (SSSR count). The average molecular weight is 172 g/mol.